The number of hydrogen-bond acceptors (Lipinski definition) is 4. The zero-order valence-corrected chi connectivity index (χ0v) is 10.9. The molecule has 5 nitrogen and oxygen atoms in total. The number of piperidine rings is 1. The minimum Gasteiger partial charge on any atom is -0.339 e. The molecule has 1 saturated heterocycles. The molecule has 0 aromatic carbocycles. The van der Waals surface area contributed by atoms with Gasteiger partial charge in [-0.05, 0) is 24.8 Å². The van der Waals surface area contributed by atoms with Gasteiger partial charge in [-0.1, -0.05) is 6.92 Å². The lowest BCUT2D eigenvalue weighted by Crippen LogP contribution is -2.37. The van der Waals surface area contributed by atoms with E-state index in [9.17, 15) is 4.79 Å². The molecule has 1 fully saturated rings. The lowest BCUT2D eigenvalue weighted by Gasteiger charge is -2.30. The SMILES string of the molecule is CC1CCN(C(=O)c2cnc3nccnc3c2)CC1. The summed E-state index contributed by atoms with van der Waals surface area (Å²) in [4.78, 5) is 26.8. The molecule has 0 saturated carbocycles. The lowest BCUT2D eigenvalue weighted by atomic mass is 9.99. The first-order chi connectivity index (χ1) is 9.24. The van der Waals surface area contributed by atoms with Crippen molar-refractivity contribution < 1.29 is 4.79 Å². The summed E-state index contributed by atoms with van der Waals surface area (Å²) < 4.78 is 0. The predicted molar refractivity (Wildman–Crippen MR) is 71.6 cm³/mol. The fourth-order valence-corrected chi connectivity index (χ4v) is 2.37. The number of pyridine rings is 1. The summed E-state index contributed by atoms with van der Waals surface area (Å²) in [6.07, 6.45) is 6.96. The van der Waals surface area contributed by atoms with Crippen LogP contribution < -0.4 is 0 Å². The molecule has 0 N–H and O–H groups in total. The molecule has 0 aliphatic carbocycles. The number of rotatable bonds is 1. The minimum absolute atomic E-state index is 0.0481. The second-order valence-electron chi connectivity index (χ2n) is 5.10. The van der Waals surface area contributed by atoms with E-state index in [-0.39, 0.29) is 5.91 Å². The third-order valence-electron chi connectivity index (χ3n) is 3.64. The van der Waals surface area contributed by atoms with Gasteiger partial charge >= 0.3 is 0 Å². The number of carbonyl (C=O) groups is 1. The van der Waals surface area contributed by atoms with Gasteiger partial charge in [0, 0.05) is 31.7 Å². The van der Waals surface area contributed by atoms with E-state index >= 15 is 0 Å². The van der Waals surface area contributed by atoms with Gasteiger partial charge < -0.3 is 4.90 Å². The van der Waals surface area contributed by atoms with Crippen LogP contribution >= 0.6 is 0 Å². The molecule has 5 heteroatoms. The van der Waals surface area contributed by atoms with Crippen LogP contribution in [-0.2, 0) is 0 Å². The summed E-state index contributed by atoms with van der Waals surface area (Å²) in [5.74, 6) is 0.761. The van der Waals surface area contributed by atoms with Crippen molar-refractivity contribution in [3.63, 3.8) is 0 Å². The molecule has 3 heterocycles. The van der Waals surface area contributed by atoms with Gasteiger partial charge in [0.15, 0.2) is 5.65 Å². The van der Waals surface area contributed by atoms with Crippen molar-refractivity contribution in [2.24, 2.45) is 5.92 Å². The number of aromatic nitrogens is 3. The van der Waals surface area contributed by atoms with Crippen LogP contribution in [-0.4, -0.2) is 38.8 Å². The minimum atomic E-state index is 0.0481. The second-order valence-corrected chi connectivity index (χ2v) is 5.10. The van der Waals surface area contributed by atoms with Crippen LogP contribution in [0.5, 0.6) is 0 Å². The Kier molecular flexibility index (Phi) is 3.11. The molecule has 1 amide bonds. The van der Waals surface area contributed by atoms with Crippen molar-refractivity contribution in [3.8, 4) is 0 Å². The van der Waals surface area contributed by atoms with Crippen molar-refractivity contribution in [1.29, 1.82) is 0 Å². The van der Waals surface area contributed by atoms with Gasteiger partial charge in [0.1, 0.15) is 5.52 Å². The predicted octanol–water partition coefficient (Wildman–Crippen LogP) is 1.90. The van der Waals surface area contributed by atoms with Crippen molar-refractivity contribution in [2.75, 3.05) is 13.1 Å². The Labute approximate surface area is 111 Å². The molecule has 0 spiro atoms. The molecule has 2 aromatic heterocycles. The maximum absolute atomic E-state index is 12.4. The lowest BCUT2D eigenvalue weighted by molar-refractivity contribution is 0.0697. The summed E-state index contributed by atoms with van der Waals surface area (Å²) in [6.45, 7) is 3.89. The Morgan fingerprint density at radius 1 is 1.21 bits per heavy atom. The molecule has 0 bridgehead atoms. The highest BCUT2D eigenvalue weighted by atomic mass is 16.2. The zero-order chi connectivity index (χ0) is 13.2. The maximum Gasteiger partial charge on any atom is 0.255 e. The van der Waals surface area contributed by atoms with E-state index in [1.54, 1.807) is 24.7 Å². The van der Waals surface area contributed by atoms with E-state index in [0.29, 0.717) is 22.6 Å². The normalized spacial score (nSPS) is 16.8. The first-order valence-corrected chi connectivity index (χ1v) is 6.60. The van der Waals surface area contributed by atoms with Crippen molar-refractivity contribution in [3.05, 3.63) is 30.2 Å². The molecule has 1 aliphatic rings. The molecule has 0 unspecified atom stereocenters. The van der Waals surface area contributed by atoms with Crippen LogP contribution in [0.15, 0.2) is 24.7 Å². The molecule has 2 aromatic rings. The van der Waals surface area contributed by atoms with E-state index in [1.165, 1.54) is 0 Å². The molecule has 19 heavy (non-hydrogen) atoms. The molecule has 0 atom stereocenters. The standard InChI is InChI=1S/C14H16N4O/c1-10-2-6-18(7-3-10)14(19)11-8-12-13(17-9-11)16-5-4-15-12/h4-5,8-10H,2-3,6-7H2,1H3. The number of amides is 1. The average molecular weight is 256 g/mol. The Morgan fingerprint density at radius 2 is 1.95 bits per heavy atom. The van der Waals surface area contributed by atoms with Gasteiger partial charge in [-0.3, -0.25) is 9.78 Å². The van der Waals surface area contributed by atoms with E-state index in [2.05, 4.69) is 21.9 Å². The highest BCUT2D eigenvalue weighted by Gasteiger charge is 2.21. The molecule has 98 valence electrons. The fraction of sp³-hybridized carbons (Fsp3) is 0.429. The molecule has 0 radical (unpaired) electrons. The molecule has 3 rings (SSSR count). The quantitative estimate of drug-likeness (QED) is 0.782. The average Bonchev–Trinajstić information content (AvgIpc) is 2.47. The van der Waals surface area contributed by atoms with Crippen LogP contribution in [0.1, 0.15) is 30.1 Å². The van der Waals surface area contributed by atoms with E-state index in [0.717, 1.165) is 25.9 Å². The van der Waals surface area contributed by atoms with Crippen molar-refractivity contribution >= 4 is 17.1 Å². The largest absolute Gasteiger partial charge is 0.339 e. The van der Waals surface area contributed by atoms with Gasteiger partial charge in [-0.2, -0.15) is 0 Å². The number of fused-ring (bicyclic) bond motifs is 1. The van der Waals surface area contributed by atoms with E-state index in [4.69, 9.17) is 0 Å². The number of carbonyl (C=O) groups excluding carboxylic acids is 1. The van der Waals surface area contributed by atoms with Crippen LogP contribution in [0.2, 0.25) is 0 Å². The Hall–Kier alpha value is -2.04. The summed E-state index contributed by atoms with van der Waals surface area (Å²) >= 11 is 0. The second kappa shape index (κ2) is 4.91. The van der Waals surface area contributed by atoms with Crippen LogP contribution in [0.25, 0.3) is 11.2 Å². The van der Waals surface area contributed by atoms with Gasteiger partial charge in [0.2, 0.25) is 0 Å². The van der Waals surface area contributed by atoms with Crippen molar-refractivity contribution in [2.45, 2.75) is 19.8 Å². The third kappa shape index (κ3) is 2.41. The summed E-state index contributed by atoms with van der Waals surface area (Å²) in [5, 5.41) is 0. The van der Waals surface area contributed by atoms with Crippen LogP contribution in [0.4, 0.5) is 0 Å². The van der Waals surface area contributed by atoms with Gasteiger partial charge in [-0.15, -0.1) is 0 Å². The van der Waals surface area contributed by atoms with Gasteiger partial charge in [0.25, 0.3) is 5.91 Å². The van der Waals surface area contributed by atoms with E-state index < -0.39 is 0 Å². The Bertz CT molecular complexity index is 605. The number of hydrogen-bond donors (Lipinski definition) is 0. The first-order valence-electron chi connectivity index (χ1n) is 6.60. The molecule has 1 aliphatic heterocycles. The van der Waals surface area contributed by atoms with Crippen LogP contribution in [0, 0.1) is 5.92 Å². The summed E-state index contributed by atoms with van der Waals surface area (Å²) in [5.41, 5.74) is 1.84. The smallest absolute Gasteiger partial charge is 0.255 e. The number of nitrogens with zero attached hydrogens (tertiary/aromatic N) is 4. The maximum atomic E-state index is 12.4. The van der Waals surface area contributed by atoms with Gasteiger partial charge in [0.05, 0.1) is 5.56 Å². The first kappa shape index (κ1) is 12.0. The summed E-state index contributed by atoms with van der Waals surface area (Å²) in [7, 11) is 0. The third-order valence-corrected chi connectivity index (χ3v) is 3.64. The Morgan fingerprint density at radius 3 is 2.74 bits per heavy atom. The highest BCUT2D eigenvalue weighted by molar-refractivity contribution is 5.96. The zero-order valence-electron chi connectivity index (χ0n) is 10.9. The number of likely N-dealkylation sites (tertiary alicyclic amines) is 1. The van der Waals surface area contributed by atoms with E-state index in [1.807, 2.05) is 4.90 Å². The molecular weight excluding hydrogens is 240 g/mol. The highest BCUT2D eigenvalue weighted by Crippen LogP contribution is 2.18. The fourth-order valence-electron chi connectivity index (χ4n) is 2.37. The monoisotopic (exact) mass is 256 g/mol. The topological polar surface area (TPSA) is 59.0 Å². The summed E-state index contributed by atoms with van der Waals surface area (Å²) in [6, 6.07) is 1.77. The van der Waals surface area contributed by atoms with Crippen molar-refractivity contribution in [1.82, 2.24) is 19.9 Å². The molecular formula is C14H16N4O. The van der Waals surface area contributed by atoms with Crippen LogP contribution in [0.3, 0.4) is 0 Å². The Balaban J connectivity index is 1.85. The van der Waals surface area contributed by atoms with Gasteiger partial charge in [-0.25, -0.2) is 9.97 Å².